The Morgan fingerprint density at radius 1 is 1.00 bits per heavy atom. The molecule has 0 saturated heterocycles. The number of benzene rings is 1. The summed E-state index contributed by atoms with van der Waals surface area (Å²) < 4.78 is 39.8. The molecule has 0 amide bonds. The van der Waals surface area contributed by atoms with Gasteiger partial charge in [0.05, 0.1) is 16.5 Å². The minimum absolute atomic E-state index is 0.0283. The third-order valence-corrected chi connectivity index (χ3v) is 3.17. The summed E-state index contributed by atoms with van der Waals surface area (Å²) in [5.74, 6) is 0. The maximum Gasteiger partial charge on any atom is 0.417 e. The van der Waals surface area contributed by atoms with Crippen molar-refractivity contribution in [2.75, 3.05) is 0 Å². The first-order valence-corrected chi connectivity index (χ1v) is 6.14. The first-order chi connectivity index (χ1) is 10.4. The molecule has 22 heavy (non-hydrogen) atoms. The predicted molar refractivity (Wildman–Crippen MR) is 73.4 cm³/mol. The SMILES string of the molecule is O=c1[nH]c(=O)c2cc(-c3ccncc3)c(C(F)(F)F)cc2[nH]1. The molecule has 0 bridgehead atoms. The van der Waals surface area contributed by atoms with Crippen molar-refractivity contribution in [3.05, 3.63) is 63.1 Å². The Kier molecular flexibility index (Phi) is 3.09. The number of rotatable bonds is 1. The summed E-state index contributed by atoms with van der Waals surface area (Å²) in [4.78, 5) is 30.9. The second-order valence-electron chi connectivity index (χ2n) is 4.59. The third-order valence-electron chi connectivity index (χ3n) is 3.17. The quantitative estimate of drug-likeness (QED) is 0.724. The average Bonchev–Trinajstić information content (AvgIpc) is 2.46. The lowest BCUT2D eigenvalue weighted by molar-refractivity contribution is -0.137. The van der Waals surface area contributed by atoms with Gasteiger partial charge >= 0.3 is 11.9 Å². The van der Waals surface area contributed by atoms with Gasteiger partial charge in [0.1, 0.15) is 0 Å². The number of hydrogen-bond donors (Lipinski definition) is 2. The molecule has 0 saturated carbocycles. The van der Waals surface area contributed by atoms with E-state index < -0.39 is 23.0 Å². The van der Waals surface area contributed by atoms with Crippen LogP contribution in [0.4, 0.5) is 13.2 Å². The maximum absolute atomic E-state index is 13.3. The van der Waals surface area contributed by atoms with E-state index in [2.05, 4.69) is 9.97 Å². The van der Waals surface area contributed by atoms with Gasteiger partial charge in [-0.25, -0.2) is 4.79 Å². The van der Waals surface area contributed by atoms with Crippen LogP contribution in [-0.4, -0.2) is 15.0 Å². The number of aromatic amines is 2. The van der Waals surface area contributed by atoms with Crippen LogP contribution >= 0.6 is 0 Å². The average molecular weight is 307 g/mol. The Balaban J connectivity index is 2.44. The summed E-state index contributed by atoms with van der Waals surface area (Å²) in [6, 6.07) is 4.70. The minimum atomic E-state index is -4.63. The van der Waals surface area contributed by atoms with Crippen molar-refractivity contribution >= 4 is 10.9 Å². The lowest BCUT2D eigenvalue weighted by Crippen LogP contribution is -2.22. The third kappa shape index (κ3) is 2.39. The summed E-state index contributed by atoms with van der Waals surface area (Å²) in [6.07, 6.45) is -1.92. The van der Waals surface area contributed by atoms with E-state index in [4.69, 9.17) is 0 Å². The molecule has 8 heteroatoms. The van der Waals surface area contributed by atoms with Crippen LogP contribution in [0.1, 0.15) is 5.56 Å². The molecule has 3 aromatic rings. The van der Waals surface area contributed by atoms with Gasteiger partial charge in [0.2, 0.25) is 0 Å². The lowest BCUT2D eigenvalue weighted by atomic mass is 9.98. The van der Waals surface area contributed by atoms with Crippen LogP contribution in [0.3, 0.4) is 0 Å². The zero-order valence-electron chi connectivity index (χ0n) is 10.9. The van der Waals surface area contributed by atoms with Crippen LogP contribution < -0.4 is 11.2 Å². The van der Waals surface area contributed by atoms with Crippen LogP contribution in [0.2, 0.25) is 0 Å². The summed E-state index contributed by atoms with van der Waals surface area (Å²) in [5.41, 5.74) is -2.59. The minimum Gasteiger partial charge on any atom is -0.307 e. The number of hydrogen-bond acceptors (Lipinski definition) is 3. The van der Waals surface area contributed by atoms with E-state index in [1.54, 1.807) is 0 Å². The number of halogens is 3. The largest absolute Gasteiger partial charge is 0.417 e. The van der Waals surface area contributed by atoms with Gasteiger partial charge in [0.15, 0.2) is 0 Å². The van der Waals surface area contributed by atoms with E-state index in [9.17, 15) is 22.8 Å². The Hall–Kier alpha value is -2.90. The maximum atomic E-state index is 13.3. The second kappa shape index (κ2) is 4.83. The van der Waals surface area contributed by atoms with Crippen molar-refractivity contribution in [3.8, 4) is 11.1 Å². The summed E-state index contributed by atoms with van der Waals surface area (Å²) >= 11 is 0. The Morgan fingerprint density at radius 3 is 2.32 bits per heavy atom. The number of H-pyrrole nitrogens is 2. The van der Waals surface area contributed by atoms with Crippen molar-refractivity contribution in [3.63, 3.8) is 0 Å². The van der Waals surface area contributed by atoms with E-state index in [0.717, 1.165) is 12.1 Å². The fourth-order valence-electron chi connectivity index (χ4n) is 2.22. The molecule has 0 fully saturated rings. The lowest BCUT2D eigenvalue weighted by Gasteiger charge is -2.14. The highest BCUT2D eigenvalue weighted by Gasteiger charge is 2.34. The molecule has 0 aliphatic heterocycles. The molecule has 3 rings (SSSR count). The number of nitrogens with zero attached hydrogens (tertiary/aromatic N) is 1. The molecule has 2 aromatic heterocycles. The fraction of sp³-hybridized carbons (Fsp3) is 0.0714. The summed E-state index contributed by atoms with van der Waals surface area (Å²) in [6.45, 7) is 0. The van der Waals surface area contributed by atoms with Crippen LogP contribution in [0.25, 0.3) is 22.0 Å². The number of fused-ring (bicyclic) bond motifs is 1. The van der Waals surface area contributed by atoms with Gasteiger partial charge in [-0.1, -0.05) is 0 Å². The molecule has 112 valence electrons. The van der Waals surface area contributed by atoms with Crippen molar-refractivity contribution in [2.24, 2.45) is 0 Å². The molecular weight excluding hydrogens is 299 g/mol. The number of aromatic nitrogens is 3. The second-order valence-corrected chi connectivity index (χ2v) is 4.59. The van der Waals surface area contributed by atoms with Crippen LogP contribution in [0.5, 0.6) is 0 Å². The molecule has 2 heterocycles. The Morgan fingerprint density at radius 2 is 1.68 bits per heavy atom. The molecular formula is C14H8F3N3O2. The summed E-state index contributed by atoms with van der Waals surface area (Å²) in [5, 5.41) is -0.0283. The Bertz CT molecular complexity index is 959. The van der Waals surface area contributed by atoms with Crippen molar-refractivity contribution < 1.29 is 13.2 Å². The highest BCUT2D eigenvalue weighted by molar-refractivity contribution is 5.86. The van der Waals surface area contributed by atoms with E-state index in [1.165, 1.54) is 24.5 Å². The van der Waals surface area contributed by atoms with Gasteiger partial charge < -0.3 is 4.98 Å². The normalized spacial score (nSPS) is 11.8. The van der Waals surface area contributed by atoms with Crippen LogP contribution in [0.15, 0.2) is 46.2 Å². The molecule has 1 aromatic carbocycles. The topological polar surface area (TPSA) is 78.6 Å². The fourth-order valence-corrected chi connectivity index (χ4v) is 2.22. The van der Waals surface area contributed by atoms with Crippen molar-refractivity contribution in [1.29, 1.82) is 0 Å². The van der Waals surface area contributed by atoms with Crippen LogP contribution in [0, 0.1) is 0 Å². The van der Waals surface area contributed by atoms with Crippen molar-refractivity contribution in [2.45, 2.75) is 6.18 Å². The Labute approximate surface area is 120 Å². The number of nitrogens with one attached hydrogen (secondary N) is 2. The molecule has 0 spiro atoms. The molecule has 2 N–H and O–H groups in total. The van der Waals surface area contributed by atoms with E-state index >= 15 is 0 Å². The van der Waals surface area contributed by atoms with Gasteiger partial charge in [-0.3, -0.25) is 14.8 Å². The molecule has 0 aliphatic carbocycles. The van der Waals surface area contributed by atoms with E-state index in [0.29, 0.717) is 0 Å². The number of pyridine rings is 1. The predicted octanol–water partition coefficient (Wildman–Crippen LogP) is 2.30. The van der Waals surface area contributed by atoms with Gasteiger partial charge in [0, 0.05) is 12.4 Å². The van der Waals surface area contributed by atoms with Gasteiger partial charge in [-0.05, 0) is 35.4 Å². The monoisotopic (exact) mass is 307 g/mol. The van der Waals surface area contributed by atoms with Gasteiger partial charge in [0.25, 0.3) is 5.56 Å². The van der Waals surface area contributed by atoms with E-state index in [1.807, 2.05) is 4.98 Å². The molecule has 0 unspecified atom stereocenters. The highest BCUT2D eigenvalue weighted by Crippen LogP contribution is 2.38. The van der Waals surface area contributed by atoms with E-state index in [-0.39, 0.29) is 22.0 Å². The first kappa shape index (κ1) is 14.1. The highest BCUT2D eigenvalue weighted by atomic mass is 19.4. The molecule has 0 aliphatic rings. The van der Waals surface area contributed by atoms with Gasteiger partial charge in [-0.15, -0.1) is 0 Å². The standard InChI is InChI=1S/C14H8F3N3O2/c15-14(16,17)10-6-11-9(12(21)20-13(22)19-11)5-8(10)7-1-3-18-4-2-7/h1-6H,(H2,19,20,21,22). The zero-order chi connectivity index (χ0) is 15.9. The van der Waals surface area contributed by atoms with Gasteiger partial charge in [-0.2, -0.15) is 13.2 Å². The molecule has 0 radical (unpaired) electrons. The molecule has 5 nitrogen and oxygen atoms in total. The number of alkyl halides is 3. The summed E-state index contributed by atoms with van der Waals surface area (Å²) in [7, 11) is 0. The first-order valence-electron chi connectivity index (χ1n) is 6.14. The van der Waals surface area contributed by atoms with Crippen molar-refractivity contribution in [1.82, 2.24) is 15.0 Å². The zero-order valence-corrected chi connectivity index (χ0v) is 10.9. The van der Waals surface area contributed by atoms with Crippen LogP contribution in [-0.2, 0) is 6.18 Å². The molecule has 0 atom stereocenters. The smallest absolute Gasteiger partial charge is 0.307 e.